The minimum Gasteiger partial charge on any atom is -0.331 e. The minimum absolute atomic E-state index is 0.0633. The Hall–Kier alpha value is -1.35. The Morgan fingerprint density at radius 3 is 2.38 bits per heavy atom. The molecule has 1 aliphatic carbocycles. The first-order valence-corrected chi connectivity index (χ1v) is 8.41. The van der Waals surface area contributed by atoms with Crippen LogP contribution in [-0.4, -0.2) is 29.9 Å². The maximum absolute atomic E-state index is 13.0. The van der Waals surface area contributed by atoms with Gasteiger partial charge in [0.2, 0.25) is 5.91 Å². The third-order valence-electron chi connectivity index (χ3n) is 5.78. The normalized spacial score (nSPS) is 28.9. The molecule has 2 heterocycles. The summed E-state index contributed by atoms with van der Waals surface area (Å²) >= 11 is 0. The van der Waals surface area contributed by atoms with Gasteiger partial charge in [0.25, 0.3) is 0 Å². The SMILES string of the molecule is O=C1N(C2CCNCC2)[C@@H](c2ccccc2)C12CCCC2. The molecule has 1 aromatic carbocycles. The summed E-state index contributed by atoms with van der Waals surface area (Å²) in [6, 6.07) is 11.5. The van der Waals surface area contributed by atoms with Gasteiger partial charge in [0.1, 0.15) is 0 Å². The second-order valence-electron chi connectivity index (χ2n) is 6.87. The molecule has 3 aliphatic rings. The summed E-state index contributed by atoms with van der Waals surface area (Å²) in [7, 11) is 0. The molecular weight excluding hydrogens is 260 g/mol. The van der Waals surface area contributed by atoms with Gasteiger partial charge in [0.05, 0.1) is 11.5 Å². The van der Waals surface area contributed by atoms with E-state index in [4.69, 9.17) is 0 Å². The molecule has 1 aromatic rings. The Kier molecular flexibility index (Phi) is 3.26. The Morgan fingerprint density at radius 2 is 1.71 bits per heavy atom. The number of hydrogen-bond donors (Lipinski definition) is 1. The highest BCUT2D eigenvalue weighted by Gasteiger charge is 2.62. The quantitative estimate of drug-likeness (QED) is 0.847. The van der Waals surface area contributed by atoms with E-state index in [1.54, 1.807) is 0 Å². The van der Waals surface area contributed by atoms with Crippen LogP contribution in [0.25, 0.3) is 0 Å². The summed E-state index contributed by atoms with van der Waals surface area (Å²) in [5.74, 6) is 0.445. The number of piperidine rings is 1. The number of amides is 1. The molecule has 1 amide bonds. The molecule has 2 aliphatic heterocycles. The lowest BCUT2D eigenvalue weighted by molar-refractivity contribution is -0.180. The van der Waals surface area contributed by atoms with Crippen molar-refractivity contribution in [3.05, 3.63) is 35.9 Å². The van der Waals surface area contributed by atoms with Gasteiger partial charge in [-0.3, -0.25) is 4.79 Å². The molecule has 3 nitrogen and oxygen atoms in total. The van der Waals surface area contributed by atoms with Crippen molar-refractivity contribution < 1.29 is 4.79 Å². The van der Waals surface area contributed by atoms with Crippen molar-refractivity contribution in [1.29, 1.82) is 0 Å². The van der Waals surface area contributed by atoms with E-state index in [0.717, 1.165) is 38.8 Å². The van der Waals surface area contributed by atoms with Crippen molar-refractivity contribution in [1.82, 2.24) is 10.2 Å². The topological polar surface area (TPSA) is 32.3 Å². The molecule has 21 heavy (non-hydrogen) atoms. The van der Waals surface area contributed by atoms with Crippen LogP contribution in [0.15, 0.2) is 30.3 Å². The molecular formula is C18H24N2O. The molecule has 0 aromatic heterocycles. The number of benzene rings is 1. The third-order valence-corrected chi connectivity index (χ3v) is 5.78. The lowest BCUT2D eigenvalue weighted by atomic mass is 9.65. The van der Waals surface area contributed by atoms with Gasteiger partial charge in [-0.15, -0.1) is 0 Å². The van der Waals surface area contributed by atoms with Gasteiger partial charge in [-0.25, -0.2) is 0 Å². The van der Waals surface area contributed by atoms with Gasteiger partial charge in [-0.1, -0.05) is 43.2 Å². The molecule has 2 saturated heterocycles. The highest BCUT2D eigenvalue weighted by Crippen LogP contribution is 2.60. The lowest BCUT2D eigenvalue weighted by Gasteiger charge is -2.58. The van der Waals surface area contributed by atoms with Gasteiger partial charge < -0.3 is 10.2 Å². The van der Waals surface area contributed by atoms with Gasteiger partial charge in [0.15, 0.2) is 0 Å². The number of likely N-dealkylation sites (tertiary alicyclic amines) is 1. The van der Waals surface area contributed by atoms with Gasteiger partial charge in [-0.2, -0.15) is 0 Å². The van der Waals surface area contributed by atoms with Crippen LogP contribution in [0, 0.1) is 5.41 Å². The third kappa shape index (κ3) is 1.94. The highest BCUT2D eigenvalue weighted by molar-refractivity contribution is 5.91. The Bertz CT molecular complexity index is 515. The second kappa shape index (κ2) is 5.13. The molecule has 3 fully saturated rings. The van der Waals surface area contributed by atoms with Crippen LogP contribution in [0.3, 0.4) is 0 Å². The number of β-lactam (4-membered cyclic amide) rings is 1. The van der Waals surface area contributed by atoms with Crippen LogP contribution in [0.5, 0.6) is 0 Å². The van der Waals surface area contributed by atoms with Gasteiger partial charge in [0, 0.05) is 6.04 Å². The van der Waals surface area contributed by atoms with Crippen LogP contribution in [0.2, 0.25) is 0 Å². The number of carbonyl (C=O) groups is 1. The first kappa shape index (κ1) is 13.3. The summed E-state index contributed by atoms with van der Waals surface area (Å²) in [6.07, 6.45) is 6.82. The van der Waals surface area contributed by atoms with Crippen molar-refractivity contribution in [2.75, 3.05) is 13.1 Å². The highest BCUT2D eigenvalue weighted by atomic mass is 16.2. The molecule has 0 radical (unpaired) electrons. The van der Waals surface area contributed by atoms with Crippen LogP contribution < -0.4 is 5.32 Å². The van der Waals surface area contributed by atoms with E-state index < -0.39 is 0 Å². The number of carbonyl (C=O) groups excluding carboxylic acids is 1. The predicted molar refractivity (Wildman–Crippen MR) is 82.8 cm³/mol. The molecule has 1 saturated carbocycles. The number of nitrogens with zero attached hydrogens (tertiary/aromatic N) is 1. The van der Waals surface area contributed by atoms with Crippen LogP contribution in [0.4, 0.5) is 0 Å². The van der Waals surface area contributed by atoms with E-state index in [-0.39, 0.29) is 5.41 Å². The fraction of sp³-hybridized carbons (Fsp3) is 0.611. The molecule has 0 bridgehead atoms. The van der Waals surface area contributed by atoms with Crippen molar-refractivity contribution in [3.63, 3.8) is 0 Å². The average molecular weight is 284 g/mol. The number of rotatable bonds is 2. The first-order valence-electron chi connectivity index (χ1n) is 8.41. The van der Waals surface area contributed by atoms with Crippen molar-refractivity contribution in [2.45, 2.75) is 50.6 Å². The summed E-state index contributed by atoms with van der Waals surface area (Å²) in [6.45, 7) is 2.09. The second-order valence-corrected chi connectivity index (χ2v) is 6.87. The molecule has 4 rings (SSSR count). The van der Waals surface area contributed by atoms with E-state index in [1.165, 1.54) is 18.4 Å². The lowest BCUT2D eigenvalue weighted by Crippen LogP contribution is -2.66. The van der Waals surface area contributed by atoms with Gasteiger partial charge in [-0.05, 0) is 44.3 Å². The molecule has 1 atom stereocenters. The molecule has 1 N–H and O–H groups in total. The maximum Gasteiger partial charge on any atom is 0.232 e. The zero-order valence-corrected chi connectivity index (χ0v) is 12.6. The Morgan fingerprint density at radius 1 is 1.05 bits per heavy atom. The molecule has 0 unspecified atom stereocenters. The molecule has 1 spiro atoms. The summed E-state index contributed by atoms with van der Waals surface area (Å²) in [5.41, 5.74) is 1.28. The fourth-order valence-electron chi connectivity index (χ4n) is 4.76. The van der Waals surface area contributed by atoms with E-state index in [2.05, 4.69) is 40.5 Å². The zero-order chi connectivity index (χ0) is 14.3. The standard InChI is InChI=1S/C18H24N2O/c21-17-18(10-4-5-11-18)16(14-6-2-1-3-7-14)20(17)15-8-12-19-13-9-15/h1-3,6-7,15-16,19H,4-5,8-13H2/t16-/m0/s1. The summed E-state index contributed by atoms with van der Waals surface area (Å²) in [4.78, 5) is 15.2. The van der Waals surface area contributed by atoms with E-state index in [9.17, 15) is 4.79 Å². The van der Waals surface area contributed by atoms with E-state index >= 15 is 0 Å². The van der Waals surface area contributed by atoms with Gasteiger partial charge >= 0.3 is 0 Å². The number of hydrogen-bond acceptors (Lipinski definition) is 2. The number of nitrogens with one attached hydrogen (secondary N) is 1. The fourth-order valence-corrected chi connectivity index (χ4v) is 4.76. The smallest absolute Gasteiger partial charge is 0.232 e. The molecule has 3 heteroatoms. The van der Waals surface area contributed by atoms with E-state index in [1.807, 2.05) is 0 Å². The summed E-state index contributed by atoms with van der Waals surface area (Å²) < 4.78 is 0. The zero-order valence-electron chi connectivity index (χ0n) is 12.6. The Labute approximate surface area is 126 Å². The average Bonchev–Trinajstić information content (AvgIpc) is 3.06. The van der Waals surface area contributed by atoms with Crippen LogP contribution in [-0.2, 0) is 4.79 Å². The first-order chi connectivity index (χ1) is 10.3. The van der Waals surface area contributed by atoms with Crippen molar-refractivity contribution in [2.24, 2.45) is 5.41 Å². The maximum atomic E-state index is 13.0. The minimum atomic E-state index is -0.0633. The summed E-state index contributed by atoms with van der Waals surface area (Å²) in [5, 5.41) is 3.41. The van der Waals surface area contributed by atoms with E-state index in [0.29, 0.717) is 18.0 Å². The Balaban J connectivity index is 1.68. The predicted octanol–water partition coefficient (Wildman–Crippen LogP) is 2.88. The molecule has 112 valence electrons. The largest absolute Gasteiger partial charge is 0.331 e. The van der Waals surface area contributed by atoms with Crippen LogP contribution >= 0.6 is 0 Å². The van der Waals surface area contributed by atoms with Crippen molar-refractivity contribution in [3.8, 4) is 0 Å². The van der Waals surface area contributed by atoms with Crippen LogP contribution in [0.1, 0.15) is 50.1 Å². The van der Waals surface area contributed by atoms with Crippen molar-refractivity contribution >= 4 is 5.91 Å². The monoisotopic (exact) mass is 284 g/mol.